The minimum Gasteiger partial charge on any atom is -0.394 e. The average molecular weight is 227 g/mol. The van der Waals surface area contributed by atoms with Gasteiger partial charge < -0.3 is 9.84 Å². The van der Waals surface area contributed by atoms with Crippen LogP contribution in [0, 0.1) is 11.3 Å². The van der Waals surface area contributed by atoms with Crippen LogP contribution < -0.4 is 0 Å². The summed E-state index contributed by atoms with van der Waals surface area (Å²) in [5.41, 5.74) is 0. The van der Waals surface area contributed by atoms with Crippen molar-refractivity contribution in [2.24, 2.45) is 0 Å². The predicted octanol–water partition coefficient (Wildman–Crippen LogP) is 3.03. The van der Waals surface area contributed by atoms with Crippen LogP contribution in [-0.4, -0.2) is 24.4 Å². The molecule has 16 heavy (non-hydrogen) atoms. The summed E-state index contributed by atoms with van der Waals surface area (Å²) in [4.78, 5) is 0. The van der Waals surface area contributed by atoms with Gasteiger partial charge in [-0.15, -0.1) is 0 Å². The molecule has 0 amide bonds. The normalized spacial score (nSPS) is 12.3. The third kappa shape index (κ3) is 9.95. The lowest BCUT2D eigenvalue weighted by Crippen LogP contribution is -2.13. The molecule has 0 aliphatic heterocycles. The van der Waals surface area contributed by atoms with Crippen LogP contribution in [0.1, 0.15) is 58.3 Å². The number of hydrogen-bond acceptors (Lipinski definition) is 3. The van der Waals surface area contributed by atoms with Crippen molar-refractivity contribution in [3.63, 3.8) is 0 Å². The lowest BCUT2D eigenvalue weighted by Gasteiger charge is -2.09. The fourth-order valence-corrected chi connectivity index (χ4v) is 1.67. The van der Waals surface area contributed by atoms with Crippen LogP contribution >= 0.6 is 0 Å². The van der Waals surface area contributed by atoms with Gasteiger partial charge in [-0.05, 0) is 12.8 Å². The second-order valence-electron chi connectivity index (χ2n) is 4.12. The van der Waals surface area contributed by atoms with E-state index < -0.39 is 0 Å². The topological polar surface area (TPSA) is 53.2 Å². The first-order chi connectivity index (χ1) is 7.85. The van der Waals surface area contributed by atoms with Crippen molar-refractivity contribution in [1.29, 1.82) is 5.26 Å². The summed E-state index contributed by atoms with van der Waals surface area (Å²) < 4.78 is 5.17. The van der Waals surface area contributed by atoms with E-state index in [1.807, 2.05) is 0 Å². The van der Waals surface area contributed by atoms with E-state index in [-0.39, 0.29) is 19.3 Å². The van der Waals surface area contributed by atoms with Gasteiger partial charge in [0.15, 0.2) is 0 Å². The van der Waals surface area contributed by atoms with Crippen LogP contribution in [0.15, 0.2) is 0 Å². The van der Waals surface area contributed by atoms with Crippen molar-refractivity contribution < 1.29 is 9.84 Å². The summed E-state index contributed by atoms with van der Waals surface area (Å²) in [5, 5.41) is 17.3. The molecular weight excluding hydrogens is 202 g/mol. The summed E-state index contributed by atoms with van der Waals surface area (Å²) in [7, 11) is 0. The highest BCUT2D eigenvalue weighted by atomic mass is 16.5. The van der Waals surface area contributed by atoms with Gasteiger partial charge in [0, 0.05) is 0 Å². The molecule has 3 nitrogen and oxygen atoms in total. The first-order valence-electron chi connectivity index (χ1n) is 6.47. The molecule has 1 atom stereocenters. The molecule has 0 spiro atoms. The Labute approximate surface area is 99.4 Å². The molecule has 0 bridgehead atoms. The second kappa shape index (κ2) is 12.5. The van der Waals surface area contributed by atoms with E-state index in [9.17, 15) is 0 Å². The second-order valence-corrected chi connectivity index (χ2v) is 4.12. The Bertz CT molecular complexity index is 177. The van der Waals surface area contributed by atoms with Gasteiger partial charge in [0.05, 0.1) is 19.3 Å². The SMILES string of the molecule is CCCCCCCCCC(C#N)OCCO. The fourth-order valence-electron chi connectivity index (χ4n) is 1.67. The van der Waals surface area contributed by atoms with Gasteiger partial charge in [0.2, 0.25) is 0 Å². The Morgan fingerprint density at radius 2 is 1.75 bits per heavy atom. The van der Waals surface area contributed by atoms with Crippen molar-refractivity contribution in [2.75, 3.05) is 13.2 Å². The molecule has 0 saturated carbocycles. The van der Waals surface area contributed by atoms with Gasteiger partial charge in [0.25, 0.3) is 0 Å². The van der Waals surface area contributed by atoms with Gasteiger partial charge in [-0.2, -0.15) is 5.26 Å². The zero-order valence-electron chi connectivity index (χ0n) is 10.5. The van der Waals surface area contributed by atoms with Gasteiger partial charge in [0.1, 0.15) is 6.10 Å². The number of aliphatic hydroxyl groups is 1. The maximum absolute atomic E-state index is 8.77. The molecule has 0 aromatic heterocycles. The van der Waals surface area contributed by atoms with E-state index >= 15 is 0 Å². The Hall–Kier alpha value is -0.590. The molecule has 0 aliphatic carbocycles. The smallest absolute Gasteiger partial charge is 0.144 e. The molecular formula is C13H25NO2. The number of aliphatic hydroxyl groups excluding tert-OH is 1. The molecule has 0 fully saturated rings. The molecule has 1 unspecified atom stereocenters. The van der Waals surface area contributed by atoms with Gasteiger partial charge in [-0.3, -0.25) is 0 Å². The highest BCUT2D eigenvalue weighted by Gasteiger charge is 2.06. The van der Waals surface area contributed by atoms with Crippen molar-refractivity contribution in [2.45, 2.75) is 64.4 Å². The van der Waals surface area contributed by atoms with E-state index in [4.69, 9.17) is 15.1 Å². The van der Waals surface area contributed by atoms with Crippen molar-refractivity contribution in [1.82, 2.24) is 0 Å². The Morgan fingerprint density at radius 3 is 2.31 bits per heavy atom. The lowest BCUT2D eigenvalue weighted by molar-refractivity contribution is 0.0529. The van der Waals surface area contributed by atoms with E-state index in [0.29, 0.717) is 0 Å². The zero-order chi connectivity index (χ0) is 12.1. The number of nitriles is 1. The predicted molar refractivity (Wildman–Crippen MR) is 65.0 cm³/mol. The molecule has 0 heterocycles. The van der Waals surface area contributed by atoms with Crippen molar-refractivity contribution in [3.05, 3.63) is 0 Å². The summed E-state index contributed by atoms with van der Waals surface area (Å²) >= 11 is 0. The molecule has 0 radical (unpaired) electrons. The molecule has 3 heteroatoms. The average Bonchev–Trinajstić information content (AvgIpc) is 2.32. The lowest BCUT2D eigenvalue weighted by atomic mass is 10.1. The molecule has 0 saturated heterocycles. The van der Waals surface area contributed by atoms with Crippen LogP contribution in [0.3, 0.4) is 0 Å². The zero-order valence-corrected chi connectivity index (χ0v) is 10.5. The third-order valence-corrected chi connectivity index (χ3v) is 2.62. The maximum Gasteiger partial charge on any atom is 0.144 e. The first-order valence-corrected chi connectivity index (χ1v) is 6.47. The Balaban J connectivity index is 3.25. The van der Waals surface area contributed by atoms with Gasteiger partial charge >= 0.3 is 0 Å². The number of hydrogen-bond donors (Lipinski definition) is 1. The number of ether oxygens (including phenoxy) is 1. The molecule has 0 aliphatic rings. The first kappa shape index (κ1) is 15.4. The summed E-state index contributed by atoms with van der Waals surface area (Å²) in [5.74, 6) is 0. The van der Waals surface area contributed by atoms with Crippen molar-refractivity contribution >= 4 is 0 Å². The van der Waals surface area contributed by atoms with Gasteiger partial charge in [-0.1, -0.05) is 45.4 Å². The van der Waals surface area contributed by atoms with Crippen LogP contribution in [0.4, 0.5) is 0 Å². The molecule has 94 valence electrons. The minimum atomic E-state index is -0.331. The summed E-state index contributed by atoms with van der Waals surface area (Å²) in [6.45, 7) is 2.49. The molecule has 0 aromatic carbocycles. The van der Waals surface area contributed by atoms with Crippen LogP contribution in [0.5, 0.6) is 0 Å². The quantitative estimate of drug-likeness (QED) is 0.552. The van der Waals surface area contributed by atoms with E-state index in [0.717, 1.165) is 12.8 Å². The molecule has 1 N–H and O–H groups in total. The van der Waals surface area contributed by atoms with Crippen molar-refractivity contribution in [3.8, 4) is 6.07 Å². The standard InChI is InChI=1S/C13H25NO2/c1-2-3-4-5-6-7-8-9-13(12-14)16-11-10-15/h13,15H,2-11H2,1H3. The molecule has 0 aromatic rings. The summed E-state index contributed by atoms with van der Waals surface area (Å²) in [6.07, 6.45) is 9.22. The fraction of sp³-hybridized carbons (Fsp3) is 0.923. The number of unbranched alkanes of at least 4 members (excludes halogenated alkanes) is 6. The number of nitrogens with zero attached hydrogens (tertiary/aromatic N) is 1. The Kier molecular flexibility index (Phi) is 12.0. The number of rotatable bonds is 11. The monoisotopic (exact) mass is 227 g/mol. The van der Waals surface area contributed by atoms with Crippen LogP contribution in [0.25, 0.3) is 0 Å². The van der Waals surface area contributed by atoms with Gasteiger partial charge in [-0.25, -0.2) is 0 Å². The highest BCUT2D eigenvalue weighted by Crippen LogP contribution is 2.10. The van der Waals surface area contributed by atoms with E-state index in [1.165, 1.54) is 38.5 Å². The minimum absolute atomic E-state index is 0.00476. The Morgan fingerprint density at radius 1 is 1.12 bits per heavy atom. The largest absolute Gasteiger partial charge is 0.394 e. The summed E-state index contributed by atoms with van der Waals surface area (Å²) in [6, 6.07) is 2.11. The van der Waals surface area contributed by atoms with E-state index in [1.54, 1.807) is 0 Å². The maximum atomic E-state index is 8.77. The van der Waals surface area contributed by atoms with Crippen LogP contribution in [0.2, 0.25) is 0 Å². The van der Waals surface area contributed by atoms with Crippen LogP contribution in [-0.2, 0) is 4.74 Å². The van der Waals surface area contributed by atoms with E-state index in [2.05, 4.69) is 13.0 Å². The highest BCUT2D eigenvalue weighted by molar-refractivity contribution is 4.83. The third-order valence-electron chi connectivity index (χ3n) is 2.62. The molecule has 0 rings (SSSR count).